The Kier molecular flexibility index (Phi) is 5.68. The number of amides is 2. The van der Waals surface area contributed by atoms with Crippen molar-refractivity contribution in [1.29, 1.82) is 0 Å². The molecule has 0 aliphatic carbocycles. The summed E-state index contributed by atoms with van der Waals surface area (Å²) in [5, 5.41) is 17.6. The third-order valence-corrected chi connectivity index (χ3v) is 3.90. The number of nitrogens with one attached hydrogen (secondary N) is 2. The van der Waals surface area contributed by atoms with Crippen LogP contribution in [0.25, 0.3) is 0 Å². The molecule has 2 amide bonds. The van der Waals surface area contributed by atoms with Gasteiger partial charge >= 0.3 is 0 Å². The molecular weight excluding hydrogens is 370 g/mol. The first-order valence-corrected chi connectivity index (χ1v) is 7.85. The van der Waals surface area contributed by atoms with Crippen molar-refractivity contribution in [2.45, 2.75) is 0 Å². The normalized spacial score (nSPS) is 10.6. The zero-order valence-corrected chi connectivity index (χ0v) is 13.6. The molecule has 0 bridgehead atoms. The number of hydrogen-bond donors (Lipinski definition) is 3. The summed E-state index contributed by atoms with van der Waals surface area (Å²) in [7, 11) is 0. The molecule has 6 nitrogen and oxygen atoms in total. The smallest absolute Gasteiger partial charge is 0.261 e. The number of phenolic OH excluding ortho intramolecular Hbond substituents is 1. The van der Waals surface area contributed by atoms with Crippen molar-refractivity contribution in [3.05, 3.63) is 50.6 Å². The molecule has 0 unspecified atom stereocenters. The molecule has 0 saturated heterocycles. The van der Waals surface area contributed by atoms with Crippen LogP contribution in [0.2, 0.25) is 0 Å². The Bertz CT molecular complexity index is 701. The van der Waals surface area contributed by atoms with Gasteiger partial charge in [0, 0.05) is 10.0 Å². The third-order valence-electron chi connectivity index (χ3n) is 2.54. The summed E-state index contributed by atoms with van der Waals surface area (Å²) in [6.07, 6.45) is 1.32. The van der Waals surface area contributed by atoms with Crippen molar-refractivity contribution in [2.75, 3.05) is 6.54 Å². The molecule has 3 N–H and O–H groups in total. The second-order valence-corrected chi connectivity index (χ2v) is 6.02. The minimum Gasteiger partial charge on any atom is -0.507 e. The molecule has 2 rings (SSSR count). The van der Waals surface area contributed by atoms with Crippen LogP contribution in [-0.2, 0) is 4.79 Å². The highest BCUT2D eigenvalue weighted by Gasteiger charge is 2.08. The average Bonchev–Trinajstić information content (AvgIpc) is 3.02. The summed E-state index contributed by atoms with van der Waals surface area (Å²) in [6.45, 7) is -0.182. The van der Waals surface area contributed by atoms with Crippen LogP contribution in [0.5, 0.6) is 5.75 Å². The number of rotatable bonds is 5. The van der Waals surface area contributed by atoms with E-state index in [2.05, 4.69) is 31.8 Å². The molecule has 1 heterocycles. The Morgan fingerprint density at radius 2 is 2.18 bits per heavy atom. The van der Waals surface area contributed by atoms with Crippen LogP contribution in [0.15, 0.2) is 45.3 Å². The summed E-state index contributed by atoms with van der Waals surface area (Å²) in [4.78, 5) is 23.7. The first-order chi connectivity index (χ1) is 10.6. The van der Waals surface area contributed by atoms with E-state index >= 15 is 0 Å². The number of nitrogens with zero attached hydrogens (tertiary/aromatic N) is 1. The quantitative estimate of drug-likeness (QED) is 0.546. The molecule has 22 heavy (non-hydrogen) atoms. The summed E-state index contributed by atoms with van der Waals surface area (Å²) in [5.74, 6) is -0.721. The van der Waals surface area contributed by atoms with Gasteiger partial charge in [0.15, 0.2) is 0 Å². The lowest BCUT2D eigenvalue weighted by molar-refractivity contribution is -0.120. The minimum atomic E-state index is -0.462. The zero-order valence-electron chi connectivity index (χ0n) is 11.2. The number of carbonyl (C=O) groups excluding carboxylic acids is 2. The molecule has 2 aromatic rings. The number of phenols is 1. The standard InChI is InChI=1S/C14H12BrN3O3S/c15-10-3-4-11(19)9(6-10)7-17-18-13(20)8-16-14(21)12-2-1-5-22-12/h1-7,19H,8H2,(H,16,21)(H,18,20)/b17-7+. The Morgan fingerprint density at radius 3 is 2.91 bits per heavy atom. The van der Waals surface area contributed by atoms with Crippen molar-refractivity contribution in [3.63, 3.8) is 0 Å². The molecular formula is C14H12BrN3O3S. The van der Waals surface area contributed by atoms with Crippen LogP contribution in [0.4, 0.5) is 0 Å². The maximum absolute atomic E-state index is 11.6. The maximum atomic E-state index is 11.6. The first-order valence-electron chi connectivity index (χ1n) is 6.18. The molecule has 1 aromatic heterocycles. The van der Waals surface area contributed by atoms with Gasteiger partial charge in [-0.15, -0.1) is 11.3 Å². The van der Waals surface area contributed by atoms with E-state index in [-0.39, 0.29) is 18.2 Å². The van der Waals surface area contributed by atoms with Crippen LogP contribution in [0.1, 0.15) is 15.2 Å². The van der Waals surface area contributed by atoms with E-state index in [1.165, 1.54) is 23.6 Å². The first kappa shape index (κ1) is 16.2. The van der Waals surface area contributed by atoms with E-state index in [0.29, 0.717) is 10.4 Å². The fraction of sp³-hybridized carbons (Fsp3) is 0.0714. The van der Waals surface area contributed by atoms with Crippen molar-refractivity contribution in [2.24, 2.45) is 5.10 Å². The van der Waals surface area contributed by atoms with Crippen molar-refractivity contribution < 1.29 is 14.7 Å². The van der Waals surface area contributed by atoms with Gasteiger partial charge < -0.3 is 10.4 Å². The van der Waals surface area contributed by atoms with E-state index < -0.39 is 5.91 Å². The van der Waals surface area contributed by atoms with Gasteiger partial charge in [-0.2, -0.15) is 5.10 Å². The van der Waals surface area contributed by atoms with Crippen LogP contribution < -0.4 is 10.7 Å². The molecule has 0 spiro atoms. The summed E-state index contributed by atoms with van der Waals surface area (Å²) >= 11 is 4.57. The molecule has 0 atom stereocenters. The van der Waals surface area contributed by atoms with Crippen molar-refractivity contribution in [3.8, 4) is 5.75 Å². The topological polar surface area (TPSA) is 90.8 Å². The highest BCUT2D eigenvalue weighted by Crippen LogP contribution is 2.19. The highest BCUT2D eigenvalue weighted by atomic mass is 79.9. The predicted molar refractivity (Wildman–Crippen MR) is 88.2 cm³/mol. The van der Waals surface area contributed by atoms with Gasteiger partial charge in [-0.3, -0.25) is 9.59 Å². The van der Waals surface area contributed by atoms with Gasteiger partial charge in [-0.05, 0) is 29.6 Å². The number of halogens is 1. The van der Waals surface area contributed by atoms with Crippen molar-refractivity contribution in [1.82, 2.24) is 10.7 Å². The van der Waals surface area contributed by atoms with Crippen LogP contribution in [0, 0.1) is 0 Å². The number of benzene rings is 1. The summed E-state index contributed by atoms with van der Waals surface area (Å²) in [6, 6.07) is 8.28. The van der Waals surface area contributed by atoms with Gasteiger partial charge in [0.1, 0.15) is 5.75 Å². The third kappa shape index (κ3) is 4.68. The number of thiophene rings is 1. The molecule has 0 saturated carbocycles. The zero-order chi connectivity index (χ0) is 15.9. The van der Waals surface area contributed by atoms with E-state index in [4.69, 9.17) is 0 Å². The second-order valence-electron chi connectivity index (χ2n) is 4.16. The Balaban J connectivity index is 1.81. The van der Waals surface area contributed by atoms with Gasteiger partial charge in [0.25, 0.3) is 11.8 Å². The lowest BCUT2D eigenvalue weighted by Gasteiger charge is -2.02. The maximum Gasteiger partial charge on any atom is 0.261 e. The lowest BCUT2D eigenvalue weighted by Crippen LogP contribution is -2.34. The minimum absolute atomic E-state index is 0.0483. The number of aromatic hydroxyl groups is 1. The average molecular weight is 382 g/mol. The van der Waals surface area contributed by atoms with E-state index in [1.54, 1.807) is 29.6 Å². The summed E-state index contributed by atoms with van der Waals surface area (Å²) < 4.78 is 0.779. The fourth-order valence-corrected chi connectivity index (χ4v) is 2.52. The fourth-order valence-electron chi connectivity index (χ4n) is 1.50. The van der Waals surface area contributed by atoms with E-state index in [1.807, 2.05) is 0 Å². The second kappa shape index (κ2) is 7.71. The van der Waals surface area contributed by atoms with Crippen LogP contribution in [-0.4, -0.2) is 29.7 Å². The van der Waals surface area contributed by atoms with E-state index in [0.717, 1.165) is 4.47 Å². The van der Waals surface area contributed by atoms with Gasteiger partial charge in [-0.25, -0.2) is 5.43 Å². The van der Waals surface area contributed by atoms with Crippen molar-refractivity contribution >= 4 is 45.3 Å². The van der Waals surface area contributed by atoms with Crippen LogP contribution >= 0.6 is 27.3 Å². The largest absolute Gasteiger partial charge is 0.507 e. The van der Waals surface area contributed by atoms with Gasteiger partial charge in [0.2, 0.25) is 0 Å². The molecule has 0 aliphatic rings. The molecule has 0 fully saturated rings. The number of hydrogen-bond acceptors (Lipinski definition) is 5. The van der Waals surface area contributed by atoms with E-state index in [9.17, 15) is 14.7 Å². The lowest BCUT2D eigenvalue weighted by atomic mass is 10.2. The Labute approximate surface area is 139 Å². The highest BCUT2D eigenvalue weighted by molar-refractivity contribution is 9.10. The SMILES string of the molecule is O=C(CNC(=O)c1cccs1)N/N=C/c1cc(Br)ccc1O. The molecule has 0 radical (unpaired) electrons. The van der Waals surface area contributed by atoms with Gasteiger partial charge in [0.05, 0.1) is 17.6 Å². The Morgan fingerprint density at radius 1 is 1.36 bits per heavy atom. The van der Waals surface area contributed by atoms with Gasteiger partial charge in [-0.1, -0.05) is 22.0 Å². The number of hydrazone groups is 1. The molecule has 8 heteroatoms. The molecule has 114 valence electrons. The van der Waals surface area contributed by atoms with Crippen LogP contribution in [0.3, 0.4) is 0 Å². The molecule has 1 aromatic carbocycles. The molecule has 0 aliphatic heterocycles. The summed E-state index contributed by atoms with van der Waals surface area (Å²) in [5.41, 5.74) is 2.73. The number of carbonyl (C=O) groups is 2. The Hall–Kier alpha value is -2.19. The predicted octanol–water partition coefficient (Wildman–Crippen LogP) is 2.10. The monoisotopic (exact) mass is 381 g/mol.